The molecule has 0 spiro atoms. The molecule has 1 aromatic rings. The highest BCUT2D eigenvalue weighted by Crippen LogP contribution is 2.28. The molecule has 1 rings (SSSR count). The Balaban J connectivity index is 2.99. The zero-order valence-corrected chi connectivity index (χ0v) is 10.8. The van der Waals surface area contributed by atoms with Gasteiger partial charge in [-0.1, -0.05) is 0 Å². The molecule has 0 saturated carbocycles. The van der Waals surface area contributed by atoms with E-state index >= 15 is 0 Å². The normalized spacial score (nSPS) is 13.2. The summed E-state index contributed by atoms with van der Waals surface area (Å²) in [5, 5.41) is 14.3. The molecule has 1 atom stereocenters. The van der Waals surface area contributed by atoms with Gasteiger partial charge in [-0.15, -0.1) is 0 Å². The fourth-order valence-corrected chi connectivity index (χ4v) is 1.44. The number of rotatable bonds is 6. The van der Waals surface area contributed by atoms with Gasteiger partial charge in [0.2, 0.25) is 5.82 Å². The van der Waals surface area contributed by atoms with E-state index in [0.717, 1.165) is 0 Å². The number of aliphatic hydroxyl groups is 1. The van der Waals surface area contributed by atoms with Crippen molar-refractivity contribution in [3.63, 3.8) is 0 Å². The van der Waals surface area contributed by atoms with Crippen LogP contribution in [0.2, 0.25) is 0 Å². The van der Waals surface area contributed by atoms with E-state index in [1.165, 1.54) is 6.07 Å². The molecule has 0 fully saturated rings. The summed E-state index contributed by atoms with van der Waals surface area (Å²) in [7, 11) is 0. The first-order chi connectivity index (χ1) is 8.86. The number of hydrogen-bond acceptors (Lipinski definition) is 5. The minimum atomic E-state index is -4.60. The van der Waals surface area contributed by atoms with E-state index in [9.17, 15) is 13.2 Å². The predicted molar refractivity (Wildman–Crippen MR) is 66.0 cm³/mol. The Bertz CT molecular complexity index is 411. The molecule has 0 aliphatic heterocycles. The van der Waals surface area contributed by atoms with Crippen LogP contribution < -0.4 is 10.6 Å². The largest absolute Gasteiger partial charge is 0.451 e. The van der Waals surface area contributed by atoms with Gasteiger partial charge in [0.25, 0.3) is 0 Å². The lowest BCUT2D eigenvalue weighted by Crippen LogP contribution is -2.20. The number of nitrogens with one attached hydrogen (secondary N) is 2. The van der Waals surface area contributed by atoms with Crippen LogP contribution in [0.4, 0.5) is 24.8 Å². The molecule has 0 aromatic carbocycles. The average molecular weight is 278 g/mol. The summed E-state index contributed by atoms with van der Waals surface area (Å²) in [4.78, 5) is 6.85. The number of hydrogen-bond donors (Lipinski definition) is 3. The summed E-state index contributed by atoms with van der Waals surface area (Å²) in [5.41, 5.74) is 0. The maximum Gasteiger partial charge on any atom is 0.451 e. The molecule has 108 valence electrons. The Labute approximate surface area is 109 Å². The van der Waals surface area contributed by atoms with Gasteiger partial charge in [-0.2, -0.15) is 13.2 Å². The molecule has 8 heteroatoms. The minimum absolute atomic E-state index is 0.0502. The van der Waals surface area contributed by atoms with Crippen molar-refractivity contribution >= 4 is 11.6 Å². The van der Waals surface area contributed by atoms with Crippen LogP contribution in [0.5, 0.6) is 0 Å². The average Bonchev–Trinajstić information content (AvgIpc) is 2.28. The summed E-state index contributed by atoms with van der Waals surface area (Å²) in [6, 6.07) is 1.22. The van der Waals surface area contributed by atoms with E-state index in [0.29, 0.717) is 13.0 Å². The first kappa shape index (κ1) is 15.5. The fourth-order valence-electron chi connectivity index (χ4n) is 1.44. The van der Waals surface area contributed by atoms with Crippen molar-refractivity contribution in [2.24, 2.45) is 0 Å². The molecule has 1 unspecified atom stereocenters. The van der Waals surface area contributed by atoms with Crippen LogP contribution in [0.1, 0.15) is 26.1 Å². The lowest BCUT2D eigenvalue weighted by molar-refractivity contribution is -0.144. The number of aromatic nitrogens is 2. The quantitative estimate of drug-likeness (QED) is 0.743. The Morgan fingerprint density at radius 3 is 2.47 bits per heavy atom. The highest BCUT2D eigenvalue weighted by Gasteiger charge is 2.35. The number of alkyl halides is 3. The maximum atomic E-state index is 12.7. The SMILES string of the molecule is CCNc1cc(NC(C)CCO)nc(C(F)(F)F)n1. The van der Waals surface area contributed by atoms with Gasteiger partial charge in [-0.25, -0.2) is 9.97 Å². The van der Waals surface area contributed by atoms with Crippen molar-refractivity contribution in [1.29, 1.82) is 0 Å². The van der Waals surface area contributed by atoms with Gasteiger partial charge >= 0.3 is 6.18 Å². The molecular formula is C11H17F3N4O. The highest BCUT2D eigenvalue weighted by atomic mass is 19.4. The summed E-state index contributed by atoms with van der Waals surface area (Å²) in [6.07, 6.45) is -4.18. The minimum Gasteiger partial charge on any atom is -0.396 e. The van der Waals surface area contributed by atoms with E-state index in [1.807, 2.05) is 0 Å². The van der Waals surface area contributed by atoms with E-state index in [2.05, 4.69) is 20.6 Å². The molecule has 0 bridgehead atoms. The Hall–Kier alpha value is -1.57. The molecule has 1 aromatic heterocycles. The molecule has 5 nitrogen and oxygen atoms in total. The lowest BCUT2D eigenvalue weighted by Gasteiger charge is -2.16. The van der Waals surface area contributed by atoms with E-state index in [-0.39, 0.29) is 24.3 Å². The van der Waals surface area contributed by atoms with Crippen molar-refractivity contribution in [1.82, 2.24) is 9.97 Å². The van der Waals surface area contributed by atoms with E-state index in [4.69, 9.17) is 5.11 Å². The summed E-state index contributed by atoms with van der Waals surface area (Å²) >= 11 is 0. The zero-order chi connectivity index (χ0) is 14.5. The number of anilines is 2. The van der Waals surface area contributed by atoms with E-state index < -0.39 is 12.0 Å². The molecule has 0 amide bonds. The lowest BCUT2D eigenvalue weighted by atomic mass is 10.2. The van der Waals surface area contributed by atoms with Gasteiger partial charge in [0.15, 0.2) is 0 Å². The first-order valence-corrected chi connectivity index (χ1v) is 5.94. The monoisotopic (exact) mass is 278 g/mol. The Morgan fingerprint density at radius 1 is 1.32 bits per heavy atom. The van der Waals surface area contributed by atoms with Crippen molar-refractivity contribution in [3.05, 3.63) is 11.9 Å². The number of nitrogens with zero attached hydrogens (tertiary/aromatic N) is 2. The molecule has 19 heavy (non-hydrogen) atoms. The van der Waals surface area contributed by atoms with Crippen LogP contribution in [0, 0.1) is 0 Å². The van der Waals surface area contributed by atoms with Gasteiger partial charge in [0, 0.05) is 25.3 Å². The van der Waals surface area contributed by atoms with Gasteiger partial charge in [-0.3, -0.25) is 0 Å². The van der Waals surface area contributed by atoms with Crippen LogP contribution in [-0.4, -0.2) is 34.3 Å². The molecule has 0 aliphatic rings. The molecule has 3 N–H and O–H groups in total. The number of halogens is 3. The third kappa shape index (κ3) is 4.90. The summed E-state index contributed by atoms with van der Waals surface area (Å²) < 4.78 is 38.0. The second kappa shape index (κ2) is 6.55. The predicted octanol–water partition coefficient (Wildman–Crippen LogP) is 2.11. The molecule has 1 heterocycles. The smallest absolute Gasteiger partial charge is 0.396 e. The van der Waals surface area contributed by atoms with Gasteiger partial charge < -0.3 is 15.7 Å². The maximum absolute atomic E-state index is 12.7. The van der Waals surface area contributed by atoms with Crippen LogP contribution in [0.15, 0.2) is 6.07 Å². The van der Waals surface area contributed by atoms with Crippen molar-refractivity contribution in [3.8, 4) is 0 Å². The molecular weight excluding hydrogens is 261 g/mol. The Kier molecular flexibility index (Phi) is 5.34. The van der Waals surface area contributed by atoms with Crippen molar-refractivity contribution in [2.75, 3.05) is 23.8 Å². The van der Waals surface area contributed by atoms with Crippen LogP contribution in [0.3, 0.4) is 0 Å². The van der Waals surface area contributed by atoms with Crippen LogP contribution in [-0.2, 0) is 6.18 Å². The fraction of sp³-hybridized carbons (Fsp3) is 0.636. The highest BCUT2D eigenvalue weighted by molar-refractivity contribution is 5.48. The summed E-state index contributed by atoms with van der Waals surface area (Å²) in [5.74, 6) is -0.993. The molecule has 0 radical (unpaired) electrons. The Morgan fingerprint density at radius 2 is 1.95 bits per heavy atom. The van der Waals surface area contributed by atoms with Gasteiger partial charge in [0.05, 0.1) is 0 Å². The third-order valence-corrected chi connectivity index (χ3v) is 2.29. The molecule has 0 saturated heterocycles. The first-order valence-electron chi connectivity index (χ1n) is 5.94. The second-order valence-electron chi connectivity index (χ2n) is 4.05. The van der Waals surface area contributed by atoms with E-state index in [1.54, 1.807) is 13.8 Å². The summed E-state index contributed by atoms with van der Waals surface area (Å²) in [6.45, 7) is 3.92. The van der Waals surface area contributed by atoms with Crippen LogP contribution in [0.25, 0.3) is 0 Å². The molecule has 0 aliphatic carbocycles. The van der Waals surface area contributed by atoms with Crippen molar-refractivity contribution < 1.29 is 18.3 Å². The topological polar surface area (TPSA) is 70.1 Å². The standard InChI is InChI=1S/C11H17F3N4O/c1-3-15-8-6-9(16-7(2)4-5-19)18-10(17-8)11(12,13)14/h6-7,19H,3-5H2,1-2H3,(H2,15,16,17,18). The zero-order valence-electron chi connectivity index (χ0n) is 10.8. The second-order valence-corrected chi connectivity index (χ2v) is 4.05. The van der Waals surface area contributed by atoms with Crippen LogP contribution >= 0.6 is 0 Å². The van der Waals surface area contributed by atoms with Gasteiger partial charge in [-0.05, 0) is 20.3 Å². The number of aliphatic hydroxyl groups excluding tert-OH is 1. The van der Waals surface area contributed by atoms with Gasteiger partial charge in [0.1, 0.15) is 11.6 Å². The third-order valence-electron chi connectivity index (χ3n) is 2.29. The van der Waals surface area contributed by atoms with Crippen molar-refractivity contribution in [2.45, 2.75) is 32.5 Å².